The van der Waals surface area contributed by atoms with E-state index in [0.29, 0.717) is 6.20 Å². The lowest BCUT2D eigenvalue weighted by Gasteiger charge is -2.26. The van der Waals surface area contributed by atoms with Crippen LogP contribution in [0.1, 0.15) is 57.0 Å². The van der Waals surface area contributed by atoms with Crippen molar-refractivity contribution in [2.45, 2.75) is 57.3 Å². The van der Waals surface area contributed by atoms with Crippen molar-refractivity contribution in [2.24, 2.45) is 0 Å². The van der Waals surface area contributed by atoms with Gasteiger partial charge in [0, 0.05) is 17.8 Å². The molecule has 0 fully saturated rings. The van der Waals surface area contributed by atoms with Gasteiger partial charge in [-0.05, 0) is 33.3 Å². The number of alkyl halides is 6. The number of halogens is 6. The number of rotatable bonds is 4. The van der Waals surface area contributed by atoms with Crippen LogP contribution in [-0.2, 0) is 23.3 Å². The zero-order valence-corrected chi connectivity index (χ0v) is 14.3. The zero-order chi connectivity index (χ0) is 18.9. The van der Waals surface area contributed by atoms with Gasteiger partial charge in [0.05, 0.1) is 21.3 Å². The summed E-state index contributed by atoms with van der Waals surface area (Å²) in [7, 11) is -1.69. The van der Waals surface area contributed by atoms with E-state index in [9.17, 15) is 30.6 Å². The fourth-order valence-electron chi connectivity index (χ4n) is 1.82. The molecule has 1 aromatic heterocycles. The number of nitrogens with zero attached hydrogens (tertiary/aromatic N) is 1. The Bertz CT molecular complexity index is 607. The lowest BCUT2D eigenvalue weighted by molar-refractivity contribution is -0.146. The van der Waals surface area contributed by atoms with Gasteiger partial charge in [-0.3, -0.25) is 4.98 Å². The van der Waals surface area contributed by atoms with Crippen LogP contribution >= 0.6 is 0 Å². The highest BCUT2D eigenvalue weighted by atomic mass is 32.2. The number of pyridine rings is 1. The minimum atomic E-state index is -4.99. The SMILES string of the molecule is CC[C@@H](N[S@](=O)C(C)(C)C)c1cnc(C(F)(F)F)cc1C(F)(F)F. The quantitative estimate of drug-likeness (QED) is 0.779. The zero-order valence-electron chi connectivity index (χ0n) is 13.5. The van der Waals surface area contributed by atoms with E-state index in [1.807, 2.05) is 0 Å². The molecule has 2 atom stereocenters. The predicted octanol–water partition coefficient (Wildman–Crippen LogP) is 4.62. The fourth-order valence-corrected chi connectivity index (χ4v) is 2.72. The highest BCUT2D eigenvalue weighted by molar-refractivity contribution is 7.84. The maximum atomic E-state index is 13.2. The van der Waals surface area contributed by atoms with Crippen molar-refractivity contribution in [3.8, 4) is 0 Å². The first-order valence-electron chi connectivity index (χ1n) is 7.00. The Kier molecular flexibility index (Phi) is 6.08. The van der Waals surface area contributed by atoms with Crippen molar-refractivity contribution in [3.05, 3.63) is 29.1 Å². The molecular weight excluding hydrogens is 358 g/mol. The molecule has 1 rings (SSSR count). The fraction of sp³-hybridized carbons (Fsp3) is 0.643. The Morgan fingerprint density at radius 1 is 1.12 bits per heavy atom. The Labute approximate surface area is 138 Å². The second kappa shape index (κ2) is 6.99. The van der Waals surface area contributed by atoms with Crippen LogP contribution in [0, 0.1) is 0 Å². The highest BCUT2D eigenvalue weighted by Crippen LogP contribution is 2.38. The number of hydrogen-bond donors (Lipinski definition) is 1. The van der Waals surface area contributed by atoms with E-state index in [2.05, 4.69) is 9.71 Å². The third kappa shape index (κ3) is 5.17. The monoisotopic (exact) mass is 376 g/mol. The van der Waals surface area contributed by atoms with Crippen LogP contribution in [-0.4, -0.2) is 13.9 Å². The number of hydrogen-bond acceptors (Lipinski definition) is 2. The van der Waals surface area contributed by atoms with Gasteiger partial charge in [-0.2, -0.15) is 26.3 Å². The molecule has 0 aliphatic carbocycles. The first-order chi connectivity index (χ1) is 10.7. The summed E-state index contributed by atoms with van der Waals surface area (Å²) in [5.74, 6) is 0. The summed E-state index contributed by atoms with van der Waals surface area (Å²) in [6, 6.07) is -1.06. The summed E-state index contributed by atoms with van der Waals surface area (Å²) in [5, 5.41) is 0. The molecule has 0 spiro atoms. The van der Waals surface area contributed by atoms with E-state index in [4.69, 9.17) is 0 Å². The molecule has 138 valence electrons. The topological polar surface area (TPSA) is 42.0 Å². The van der Waals surface area contributed by atoms with Gasteiger partial charge in [0.25, 0.3) is 0 Å². The Hall–Kier alpha value is -1.16. The standard InChI is InChI=1S/C14H18F6N2OS/c1-5-10(22-24(23)12(2,3)4)8-7-21-11(14(18,19)20)6-9(8)13(15,16)17/h6-7,10,22H,5H2,1-4H3/t10-,24-/m1/s1. The average molecular weight is 376 g/mol. The van der Waals surface area contributed by atoms with Crippen molar-refractivity contribution >= 4 is 11.0 Å². The lowest BCUT2D eigenvalue weighted by Crippen LogP contribution is -2.36. The second-order valence-corrected chi connectivity index (χ2v) is 8.11. The molecule has 24 heavy (non-hydrogen) atoms. The molecule has 0 radical (unpaired) electrons. The molecule has 0 saturated carbocycles. The van der Waals surface area contributed by atoms with Gasteiger partial charge in [-0.15, -0.1) is 0 Å². The van der Waals surface area contributed by atoms with E-state index >= 15 is 0 Å². The van der Waals surface area contributed by atoms with Gasteiger partial charge in [0.15, 0.2) is 0 Å². The molecule has 0 aliphatic rings. The second-order valence-electron chi connectivity index (χ2n) is 6.11. The summed E-state index contributed by atoms with van der Waals surface area (Å²) in [4.78, 5) is 3.10. The summed E-state index contributed by atoms with van der Waals surface area (Å²) < 4.78 is 91.4. The lowest BCUT2D eigenvalue weighted by atomic mass is 10.00. The van der Waals surface area contributed by atoms with Crippen LogP contribution in [0.2, 0.25) is 0 Å². The molecule has 0 aliphatic heterocycles. The molecule has 10 heteroatoms. The number of aromatic nitrogens is 1. The van der Waals surface area contributed by atoms with Crippen LogP contribution < -0.4 is 4.72 Å². The normalized spacial score (nSPS) is 16.1. The first-order valence-corrected chi connectivity index (χ1v) is 8.15. The average Bonchev–Trinajstić information content (AvgIpc) is 2.40. The van der Waals surface area contributed by atoms with Crippen LogP contribution in [0.25, 0.3) is 0 Å². The molecule has 3 nitrogen and oxygen atoms in total. The van der Waals surface area contributed by atoms with Crippen LogP contribution in [0.3, 0.4) is 0 Å². The minimum absolute atomic E-state index is 0.0142. The number of nitrogens with one attached hydrogen (secondary N) is 1. The van der Waals surface area contributed by atoms with E-state index in [1.165, 1.54) is 6.92 Å². The maximum Gasteiger partial charge on any atom is 0.433 e. The molecule has 1 heterocycles. The molecule has 0 bridgehead atoms. The molecule has 0 aromatic carbocycles. The van der Waals surface area contributed by atoms with Crippen molar-refractivity contribution in [1.29, 1.82) is 0 Å². The van der Waals surface area contributed by atoms with Crippen LogP contribution in [0.15, 0.2) is 12.3 Å². The summed E-state index contributed by atoms with van der Waals surface area (Å²) >= 11 is 0. The molecule has 0 unspecified atom stereocenters. The van der Waals surface area contributed by atoms with Crippen molar-refractivity contribution < 1.29 is 30.6 Å². The van der Waals surface area contributed by atoms with E-state index in [0.717, 1.165) is 0 Å². The Balaban J connectivity index is 3.37. The third-order valence-corrected chi connectivity index (χ3v) is 4.73. The molecule has 1 N–H and O–H groups in total. The van der Waals surface area contributed by atoms with Gasteiger partial charge in [0.2, 0.25) is 0 Å². The molecule has 1 aromatic rings. The van der Waals surface area contributed by atoms with Crippen LogP contribution in [0.4, 0.5) is 26.3 Å². The van der Waals surface area contributed by atoms with Gasteiger partial charge in [-0.1, -0.05) is 6.92 Å². The first kappa shape index (κ1) is 20.9. The minimum Gasteiger partial charge on any atom is -0.251 e. The summed E-state index contributed by atoms with van der Waals surface area (Å²) in [6.45, 7) is 6.41. The van der Waals surface area contributed by atoms with E-state index in [-0.39, 0.29) is 12.5 Å². The smallest absolute Gasteiger partial charge is 0.251 e. The molecule has 0 saturated heterocycles. The molecular formula is C14H18F6N2OS. The predicted molar refractivity (Wildman–Crippen MR) is 78.3 cm³/mol. The molecule has 0 amide bonds. The highest BCUT2D eigenvalue weighted by Gasteiger charge is 2.40. The van der Waals surface area contributed by atoms with Gasteiger partial charge < -0.3 is 0 Å². The largest absolute Gasteiger partial charge is 0.433 e. The van der Waals surface area contributed by atoms with Crippen molar-refractivity contribution in [2.75, 3.05) is 0 Å². The van der Waals surface area contributed by atoms with Gasteiger partial charge in [-0.25, -0.2) is 8.93 Å². The Morgan fingerprint density at radius 2 is 1.67 bits per heavy atom. The van der Waals surface area contributed by atoms with Gasteiger partial charge >= 0.3 is 12.4 Å². The van der Waals surface area contributed by atoms with E-state index < -0.39 is 50.9 Å². The third-order valence-electron chi connectivity index (χ3n) is 3.12. The summed E-state index contributed by atoms with van der Waals surface area (Å²) in [5.41, 5.74) is -3.52. The van der Waals surface area contributed by atoms with Crippen molar-refractivity contribution in [1.82, 2.24) is 9.71 Å². The summed E-state index contributed by atoms with van der Waals surface area (Å²) in [6.07, 6.45) is -9.33. The van der Waals surface area contributed by atoms with Crippen LogP contribution in [0.5, 0.6) is 0 Å². The van der Waals surface area contributed by atoms with Crippen molar-refractivity contribution in [3.63, 3.8) is 0 Å². The van der Waals surface area contributed by atoms with Gasteiger partial charge in [0.1, 0.15) is 5.69 Å². The maximum absolute atomic E-state index is 13.2. The van der Waals surface area contributed by atoms with E-state index in [1.54, 1.807) is 20.8 Å². The Morgan fingerprint density at radius 3 is 2.04 bits per heavy atom.